The van der Waals surface area contributed by atoms with Crippen molar-refractivity contribution in [1.82, 2.24) is 25.2 Å². The second-order valence-corrected chi connectivity index (χ2v) is 6.54. The Morgan fingerprint density at radius 3 is 2.96 bits per heavy atom. The van der Waals surface area contributed by atoms with E-state index in [1.54, 1.807) is 12.5 Å². The maximum atomic E-state index is 12.3. The van der Waals surface area contributed by atoms with Crippen LogP contribution in [0.4, 0.5) is 0 Å². The summed E-state index contributed by atoms with van der Waals surface area (Å²) in [4.78, 5) is 26.4. The third-order valence-electron chi connectivity index (χ3n) is 4.75. The number of aromatic nitrogens is 3. The van der Waals surface area contributed by atoms with Gasteiger partial charge in [-0.3, -0.25) is 9.69 Å². The highest BCUT2D eigenvalue weighted by molar-refractivity contribution is 5.76. The van der Waals surface area contributed by atoms with Gasteiger partial charge in [-0.2, -0.15) is 0 Å². The number of hydrogen-bond donors (Lipinski definition) is 2. The van der Waals surface area contributed by atoms with Gasteiger partial charge >= 0.3 is 0 Å². The number of rotatable bonds is 7. The Balaban J connectivity index is 1.32. The van der Waals surface area contributed by atoms with Crippen LogP contribution in [0.1, 0.15) is 24.0 Å². The number of hydrogen-bond acceptors (Lipinski definition) is 6. The first-order valence-corrected chi connectivity index (χ1v) is 9.21. The number of fused-ring (bicyclic) bond motifs is 1. The number of H-pyrrole nitrogens is 1. The third-order valence-corrected chi connectivity index (χ3v) is 4.75. The number of carbonyl (C=O) groups is 1. The number of imidazole rings is 1. The number of nitrogens with one attached hydrogen (secondary N) is 2. The summed E-state index contributed by atoms with van der Waals surface area (Å²) >= 11 is 0. The average Bonchev–Trinajstić information content (AvgIpc) is 3.37. The van der Waals surface area contributed by atoms with E-state index in [1.165, 1.54) is 0 Å². The Morgan fingerprint density at radius 1 is 1.30 bits per heavy atom. The first-order chi connectivity index (χ1) is 13.3. The van der Waals surface area contributed by atoms with Gasteiger partial charge in [-0.15, -0.1) is 0 Å². The maximum absolute atomic E-state index is 12.3. The summed E-state index contributed by atoms with van der Waals surface area (Å²) < 4.78 is 11.0. The Labute approximate surface area is 156 Å². The molecule has 1 atom stereocenters. The zero-order valence-electron chi connectivity index (χ0n) is 15.1. The largest absolute Gasteiger partial charge is 0.468 e. The van der Waals surface area contributed by atoms with Crippen LogP contribution in [0.5, 0.6) is 0 Å². The molecule has 0 saturated carbocycles. The second-order valence-electron chi connectivity index (χ2n) is 6.54. The number of pyridine rings is 1. The molecule has 4 rings (SSSR count). The van der Waals surface area contributed by atoms with Gasteiger partial charge in [0, 0.05) is 38.7 Å². The Bertz CT molecular complexity index is 837. The molecule has 8 heteroatoms. The lowest BCUT2D eigenvalue weighted by Gasteiger charge is -2.33. The Kier molecular flexibility index (Phi) is 5.45. The predicted octanol–water partition coefficient (Wildman–Crippen LogP) is 1.67. The van der Waals surface area contributed by atoms with Crippen LogP contribution in [0.2, 0.25) is 0 Å². The second kappa shape index (κ2) is 8.32. The van der Waals surface area contributed by atoms with Crippen LogP contribution in [0.25, 0.3) is 11.2 Å². The van der Waals surface area contributed by atoms with Gasteiger partial charge in [-0.05, 0) is 24.3 Å². The summed E-state index contributed by atoms with van der Waals surface area (Å²) in [5, 5.41) is 3.03. The van der Waals surface area contributed by atoms with Gasteiger partial charge in [0.2, 0.25) is 5.91 Å². The van der Waals surface area contributed by atoms with E-state index < -0.39 is 0 Å². The van der Waals surface area contributed by atoms with Crippen LogP contribution in [0.3, 0.4) is 0 Å². The molecule has 1 aliphatic rings. The Morgan fingerprint density at radius 2 is 2.19 bits per heavy atom. The van der Waals surface area contributed by atoms with Crippen LogP contribution >= 0.6 is 0 Å². The number of nitrogens with zero attached hydrogens (tertiary/aromatic N) is 3. The van der Waals surface area contributed by atoms with E-state index in [1.807, 2.05) is 24.3 Å². The molecule has 142 valence electrons. The fourth-order valence-corrected chi connectivity index (χ4v) is 3.32. The minimum Gasteiger partial charge on any atom is -0.468 e. The van der Waals surface area contributed by atoms with Gasteiger partial charge in [0.25, 0.3) is 0 Å². The molecule has 27 heavy (non-hydrogen) atoms. The van der Waals surface area contributed by atoms with Crippen molar-refractivity contribution in [2.24, 2.45) is 0 Å². The van der Waals surface area contributed by atoms with Crippen molar-refractivity contribution in [2.75, 3.05) is 32.8 Å². The van der Waals surface area contributed by atoms with E-state index in [0.717, 1.165) is 30.2 Å². The number of aromatic amines is 1. The zero-order valence-corrected chi connectivity index (χ0v) is 15.1. The van der Waals surface area contributed by atoms with E-state index in [2.05, 4.69) is 25.2 Å². The first kappa shape index (κ1) is 17.7. The van der Waals surface area contributed by atoms with Crippen LogP contribution in [-0.2, 0) is 16.0 Å². The molecule has 3 aromatic heterocycles. The maximum Gasteiger partial charge on any atom is 0.220 e. The molecular weight excluding hydrogens is 346 g/mol. The van der Waals surface area contributed by atoms with Crippen molar-refractivity contribution in [3.8, 4) is 0 Å². The normalized spacial score (nSPS) is 16.4. The molecule has 1 aliphatic heterocycles. The van der Waals surface area contributed by atoms with Gasteiger partial charge < -0.3 is 19.5 Å². The van der Waals surface area contributed by atoms with Crippen molar-refractivity contribution < 1.29 is 13.9 Å². The summed E-state index contributed by atoms with van der Waals surface area (Å²) in [5.74, 6) is 1.63. The lowest BCUT2D eigenvalue weighted by molar-refractivity contribution is -0.121. The van der Waals surface area contributed by atoms with Crippen molar-refractivity contribution in [3.63, 3.8) is 0 Å². The molecular formula is C19H23N5O3. The van der Waals surface area contributed by atoms with Crippen LogP contribution in [0, 0.1) is 0 Å². The summed E-state index contributed by atoms with van der Waals surface area (Å²) in [6, 6.07) is 7.63. The number of amides is 1. The standard InChI is InChI=1S/C19H23N5O3/c25-18(6-5-17-22-14-3-1-7-20-19(14)23-17)21-13-15(16-4-2-10-27-16)24-8-11-26-12-9-24/h1-4,7,10,15H,5-6,8-9,11-13H2,(H,21,25)(H,20,22,23). The summed E-state index contributed by atoms with van der Waals surface area (Å²) in [6.45, 7) is 3.56. The average molecular weight is 369 g/mol. The topological polar surface area (TPSA) is 96.3 Å². The summed E-state index contributed by atoms with van der Waals surface area (Å²) in [5.41, 5.74) is 1.57. The lowest BCUT2D eigenvalue weighted by atomic mass is 10.1. The number of ether oxygens (including phenoxy) is 1. The van der Waals surface area contributed by atoms with E-state index in [4.69, 9.17) is 9.15 Å². The van der Waals surface area contributed by atoms with Crippen molar-refractivity contribution >= 4 is 17.1 Å². The monoisotopic (exact) mass is 369 g/mol. The molecule has 1 fully saturated rings. The van der Waals surface area contributed by atoms with Gasteiger partial charge in [0.05, 0.1) is 31.0 Å². The molecule has 0 aliphatic carbocycles. The number of furan rings is 1. The molecule has 3 aromatic rings. The molecule has 2 N–H and O–H groups in total. The van der Waals surface area contributed by atoms with E-state index in [9.17, 15) is 4.79 Å². The number of carbonyl (C=O) groups excluding carboxylic acids is 1. The van der Waals surface area contributed by atoms with Gasteiger partial charge in [-0.25, -0.2) is 9.97 Å². The highest BCUT2D eigenvalue weighted by Gasteiger charge is 2.25. The molecule has 1 amide bonds. The number of morpholine rings is 1. The van der Waals surface area contributed by atoms with Crippen molar-refractivity contribution in [1.29, 1.82) is 0 Å². The van der Waals surface area contributed by atoms with Gasteiger partial charge in [-0.1, -0.05) is 0 Å². The van der Waals surface area contributed by atoms with Crippen LogP contribution in [-0.4, -0.2) is 58.6 Å². The van der Waals surface area contributed by atoms with E-state index in [-0.39, 0.29) is 11.9 Å². The van der Waals surface area contributed by atoms with Crippen LogP contribution < -0.4 is 5.32 Å². The van der Waals surface area contributed by atoms with Crippen LogP contribution in [0.15, 0.2) is 41.1 Å². The molecule has 0 bridgehead atoms. The number of aryl methyl sites for hydroxylation is 1. The fourth-order valence-electron chi connectivity index (χ4n) is 3.32. The van der Waals surface area contributed by atoms with Crippen molar-refractivity contribution in [2.45, 2.75) is 18.9 Å². The minimum atomic E-state index is -0.00627. The molecule has 0 aromatic carbocycles. The summed E-state index contributed by atoms with van der Waals surface area (Å²) in [6.07, 6.45) is 4.29. The Hall–Kier alpha value is -2.71. The van der Waals surface area contributed by atoms with Crippen molar-refractivity contribution in [3.05, 3.63) is 48.3 Å². The first-order valence-electron chi connectivity index (χ1n) is 9.21. The molecule has 1 saturated heterocycles. The fraction of sp³-hybridized carbons (Fsp3) is 0.421. The van der Waals surface area contributed by atoms with Gasteiger partial charge in [0.15, 0.2) is 5.65 Å². The van der Waals surface area contributed by atoms with Gasteiger partial charge in [0.1, 0.15) is 11.6 Å². The van der Waals surface area contributed by atoms with E-state index >= 15 is 0 Å². The highest BCUT2D eigenvalue weighted by Crippen LogP contribution is 2.21. The molecule has 1 unspecified atom stereocenters. The predicted molar refractivity (Wildman–Crippen MR) is 99.1 cm³/mol. The van der Waals surface area contributed by atoms with E-state index in [0.29, 0.717) is 38.2 Å². The molecule has 0 spiro atoms. The SMILES string of the molecule is O=C(CCc1nc2ncccc2[nH]1)NCC(c1ccco1)N1CCOCC1. The minimum absolute atomic E-state index is 0.00627. The summed E-state index contributed by atoms with van der Waals surface area (Å²) in [7, 11) is 0. The lowest BCUT2D eigenvalue weighted by Crippen LogP contribution is -2.43. The zero-order chi connectivity index (χ0) is 18.5. The molecule has 0 radical (unpaired) electrons. The molecule has 4 heterocycles. The third kappa shape index (κ3) is 4.35. The highest BCUT2D eigenvalue weighted by atomic mass is 16.5. The molecule has 8 nitrogen and oxygen atoms in total. The quantitative estimate of drug-likeness (QED) is 0.658. The smallest absolute Gasteiger partial charge is 0.220 e.